The molecule has 1 aromatic heterocycles. The van der Waals surface area contributed by atoms with Crippen molar-refractivity contribution in [2.45, 2.75) is 24.3 Å². The quantitative estimate of drug-likeness (QED) is 0.489. The molecule has 1 unspecified atom stereocenters. The topological polar surface area (TPSA) is 116 Å². The average molecular weight is 245 g/mol. The number of aromatic nitrogens is 2. The molecular formula is C8H15N5O2S. The van der Waals surface area contributed by atoms with Crippen LogP contribution in [0.4, 0.5) is 0 Å². The van der Waals surface area contributed by atoms with E-state index in [0.29, 0.717) is 0 Å². The number of hydrogen-bond donors (Lipinski definition) is 3. The summed E-state index contributed by atoms with van der Waals surface area (Å²) in [4.78, 5) is 0.102. The van der Waals surface area contributed by atoms with Crippen LogP contribution in [0.3, 0.4) is 0 Å². The molecule has 1 heterocycles. The van der Waals surface area contributed by atoms with Crippen LogP contribution in [0.2, 0.25) is 0 Å². The molecule has 0 spiro atoms. The molecule has 0 aliphatic heterocycles. The van der Waals surface area contributed by atoms with Crippen LogP contribution >= 0.6 is 0 Å². The van der Waals surface area contributed by atoms with Crippen molar-refractivity contribution in [3.63, 3.8) is 0 Å². The maximum absolute atomic E-state index is 12.0. The molecule has 0 saturated carbocycles. The van der Waals surface area contributed by atoms with E-state index in [9.17, 15) is 8.42 Å². The van der Waals surface area contributed by atoms with Gasteiger partial charge in [-0.1, -0.05) is 0 Å². The van der Waals surface area contributed by atoms with Crippen molar-refractivity contribution in [2.75, 3.05) is 7.05 Å². The zero-order valence-electron chi connectivity index (χ0n) is 9.14. The van der Waals surface area contributed by atoms with Crippen LogP contribution in [0.1, 0.15) is 13.3 Å². The summed E-state index contributed by atoms with van der Waals surface area (Å²) in [5.41, 5.74) is 5.24. The molecule has 0 bridgehead atoms. The molecule has 90 valence electrons. The van der Waals surface area contributed by atoms with Gasteiger partial charge in [-0.25, -0.2) is 8.42 Å². The van der Waals surface area contributed by atoms with Crippen LogP contribution in [0.25, 0.3) is 0 Å². The van der Waals surface area contributed by atoms with Gasteiger partial charge in [0.25, 0.3) is 0 Å². The number of hydrogen-bond acceptors (Lipinski definition) is 4. The Kier molecular flexibility index (Phi) is 3.66. The van der Waals surface area contributed by atoms with E-state index < -0.39 is 10.0 Å². The number of nitrogens with zero attached hydrogens (tertiary/aromatic N) is 2. The average Bonchev–Trinajstić information content (AvgIpc) is 2.68. The van der Waals surface area contributed by atoms with Gasteiger partial charge in [0.2, 0.25) is 10.0 Å². The Bertz CT molecular complexity index is 453. The van der Waals surface area contributed by atoms with Gasteiger partial charge < -0.3 is 5.73 Å². The normalized spacial score (nSPS) is 13.9. The van der Waals surface area contributed by atoms with E-state index in [1.807, 2.05) is 0 Å². The molecule has 1 aromatic rings. The molecule has 8 heteroatoms. The van der Waals surface area contributed by atoms with Crippen molar-refractivity contribution in [3.8, 4) is 0 Å². The summed E-state index contributed by atoms with van der Waals surface area (Å²) in [7, 11) is -2.10. The first kappa shape index (κ1) is 12.7. The first-order valence-corrected chi connectivity index (χ1v) is 6.09. The third-order valence-corrected chi connectivity index (χ3v) is 4.22. The fraction of sp³-hybridized carbons (Fsp3) is 0.500. The number of aromatic amines is 1. The van der Waals surface area contributed by atoms with Gasteiger partial charge in [0, 0.05) is 25.7 Å². The number of nitrogens with one attached hydrogen (secondary N) is 2. The number of rotatable bonds is 5. The molecule has 0 aromatic carbocycles. The van der Waals surface area contributed by atoms with Gasteiger partial charge in [0.1, 0.15) is 4.90 Å². The van der Waals surface area contributed by atoms with Gasteiger partial charge in [-0.2, -0.15) is 9.40 Å². The number of nitrogens with two attached hydrogens (primary N) is 1. The second-order valence-corrected chi connectivity index (χ2v) is 5.53. The Morgan fingerprint density at radius 3 is 2.81 bits per heavy atom. The molecule has 7 nitrogen and oxygen atoms in total. The molecule has 0 radical (unpaired) electrons. The Labute approximate surface area is 94.2 Å². The summed E-state index contributed by atoms with van der Waals surface area (Å²) in [5.74, 6) is -0.0401. The third kappa shape index (κ3) is 2.58. The summed E-state index contributed by atoms with van der Waals surface area (Å²) in [6.45, 7) is 1.69. The lowest BCUT2D eigenvalue weighted by Gasteiger charge is -2.22. The molecule has 1 atom stereocenters. The summed E-state index contributed by atoms with van der Waals surface area (Å²) >= 11 is 0. The standard InChI is InChI=1S/C8H15N5O2S/c1-6(3-8(9)10)13(2)16(14,15)7-4-11-12-5-7/h4-6H,3H2,1-2H3,(H3,9,10)(H,11,12). The van der Waals surface area contributed by atoms with Crippen LogP contribution in [-0.2, 0) is 10.0 Å². The molecule has 4 N–H and O–H groups in total. The zero-order chi connectivity index (χ0) is 12.3. The zero-order valence-corrected chi connectivity index (χ0v) is 9.95. The van der Waals surface area contributed by atoms with E-state index in [1.165, 1.54) is 23.7 Å². The number of amidine groups is 1. The molecule has 0 fully saturated rings. The van der Waals surface area contributed by atoms with E-state index in [2.05, 4.69) is 10.2 Å². The fourth-order valence-electron chi connectivity index (χ4n) is 1.23. The summed E-state index contributed by atoms with van der Waals surface area (Å²) in [6.07, 6.45) is 2.76. The predicted octanol–water partition coefficient (Wildman–Crippen LogP) is -0.255. The summed E-state index contributed by atoms with van der Waals surface area (Å²) in [5, 5.41) is 13.2. The molecule has 0 aliphatic rings. The number of H-pyrrole nitrogens is 1. The van der Waals surface area contributed by atoms with E-state index in [1.54, 1.807) is 6.92 Å². The van der Waals surface area contributed by atoms with Crippen LogP contribution in [0.15, 0.2) is 17.3 Å². The molecule has 1 rings (SSSR count). The first-order valence-electron chi connectivity index (χ1n) is 4.65. The van der Waals surface area contributed by atoms with Gasteiger partial charge in [-0.05, 0) is 6.92 Å². The monoisotopic (exact) mass is 245 g/mol. The van der Waals surface area contributed by atoms with Gasteiger partial charge in [0.05, 0.1) is 12.0 Å². The van der Waals surface area contributed by atoms with E-state index in [-0.39, 0.29) is 23.2 Å². The Balaban J connectivity index is 2.89. The second kappa shape index (κ2) is 4.62. The van der Waals surface area contributed by atoms with Crippen molar-refractivity contribution in [1.82, 2.24) is 14.5 Å². The lowest BCUT2D eigenvalue weighted by molar-refractivity contribution is 0.396. The van der Waals surface area contributed by atoms with Crippen molar-refractivity contribution in [3.05, 3.63) is 12.4 Å². The minimum atomic E-state index is -3.55. The van der Waals surface area contributed by atoms with Crippen molar-refractivity contribution in [2.24, 2.45) is 5.73 Å². The Morgan fingerprint density at radius 1 is 1.75 bits per heavy atom. The fourth-order valence-corrected chi connectivity index (χ4v) is 2.50. The maximum Gasteiger partial charge on any atom is 0.246 e. The molecule has 0 amide bonds. The van der Waals surface area contributed by atoms with Gasteiger partial charge in [0.15, 0.2) is 0 Å². The van der Waals surface area contributed by atoms with Crippen LogP contribution in [-0.4, -0.2) is 41.8 Å². The lowest BCUT2D eigenvalue weighted by Crippen LogP contribution is -2.37. The van der Waals surface area contributed by atoms with Gasteiger partial charge in [-0.15, -0.1) is 0 Å². The van der Waals surface area contributed by atoms with Crippen molar-refractivity contribution in [1.29, 1.82) is 5.41 Å². The van der Waals surface area contributed by atoms with Crippen molar-refractivity contribution >= 4 is 15.9 Å². The smallest absolute Gasteiger partial charge is 0.246 e. The largest absolute Gasteiger partial charge is 0.388 e. The Hall–Kier alpha value is -1.41. The lowest BCUT2D eigenvalue weighted by atomic mass is 10.2. The summed E-state index contributed by atoms with van der Waals surface area (Å²) in [6, 6.07) is -0.364. The van der Waals surface area contributed by atoms with Crippen molar-refractivity contribution < 1.29 is 8.42 Å². The highest BCUT2D eigenvalue weighted by atomic mass is 32.2. The van der Waals surface area contributed by atoms with Gasteiger partial charge >= 0.3 is 0 Å². The highest BCUT2D eigenvalue weighted by Gasteiger charge is 2.26. The van der Waals surface area contributed by atoms with Crippen LogP contribution in [0.5, 0.6) is 0 Å². The van der Waals surface area contributed by atoms with Crippen LogP contribution in [0, 0.1) is 5.41 Å². The first-order chi connectivity index (χ1) is 7.35. The van der Waals surface area contributed by atoms with E-state index >= 15 is 0 Å². The van der Waals surface area contributed by atoms with Crippen LogP contribution < -0.4 is 5.73 Å². The predicted molar refractivity (Wildman–Crippen MR) is 59.5 cm³/mol. The maximum atomic E-state index is 12.0. The highest BCUT2D eigenvalue weighted by Crippen LogP contribution is 2.15. The highest BCUT2D eigenvalue weighted by molar-refractivity contribution is 7.89. The Morgan fingerprint density at radius 2 is 2.38 bits per heavy atom. The van der Waals surface area contributed by atoms with Gasteiger partial charge in [-0.3, -0.25) is 10.5 Å². The summed E-state index contributed by atoms with van der Waals surface area (Å²) < 4.78 is 25.1. The second-order valence-electron chi connectivity index (χ2n) is 3.53. The molecule has 0 saturated heterocycles. The molecular weight excluding hydrogens is 230 g/mol. The number of sulfonamides is 1. The SMILES string of the molecule is CC(CC(=N)N)N(C)S(=O)(=O)c1cn[nH]c1. The van der Waals surface area contributed by atoms with E-state index in [4.69, 9.17) is 11.1 Å². The van der Waals surface area contributed by atoms with E-state index in [0.717, 1.165) is 0 Å². The molecule has 16 heavy (non-hydrogen) atoms. The minimum Gasteiger partial charge on any atom is -0.388 e. The minimum absolute atomic E-state index is 0.0401. The molecule has 0 aliphatic carbocycles. The third-order valence-electron chi connectivity index (χ3n) is 2.29.